The molecule has 6 nitrogen and oxygen atoms in total. The molecule has 1 atom stereocenters. The Bertz CT molecular complexity index is 927. The second kappa shape index (κ2) is 8.29. The first-order valence-electron chi connectivity index (χ1n) is 8.13. The van der Waals surface area contributed by atoms with E-state index in [1.54, 1.807) is 25.2 Å². The van der Waals surface area contributed by atoms with Crippen LogP contribution in [0, 0.1) is 0 Å². The van der Waals surface area contributed by atoms with Crippen LogP contribution in [0.15, 0.2) is 47.8 Å². The van der Waals surface area contributed by atoms with E-state index in [0.717, 1.165) is 25.7 Å². The number of hydrogen-bond acceptors (Lipinski definition) is 6. The minimum absolute atomic E-state index is 0.355. The van der Waals surface area contributed by atoms with Crippen LogP contribution in [0.5, 0.6) is 0 Å². The van der Waals surface area contributed by atoms with E-state index in [2.05, 4.69) is 20.6 Å². The van der Waals surface area contributed by atoms with E-state index in [9.17, 15) is 9.59 Å². The number of aromatic nitrogens is 2. The van der Waals surface area contributed by atoms with Crippen molar-refractivity contribution in [2.75, 3.05) is 6.54 Å². The van der Waals surface area contributed by atoms with E-state index in [-0.39, 0.29) is 5.91 Å². The fourth-order valence-corrected chi connectivity index (χ4v) is 4.27. The number of amides is 3. The maximum atomic E-state index is 12.2. The lowest BCUT2D eigenvalue weighted by Crippen LogP contribution is -2.42. The molecule has 3 aromatic rings. The lowest BCUT2D eigenvalue weighted by atomic mass is 10.2. The van der Waals surface area contributed by atoms with Gasteiger partial charge in [0.25, 0.3) is 0 Å². The van der Waals surface area contributed by atoms with Crippen LogP contribution in [0.1, 0.15) is 13.8 Å². The highest BCUT2D eigenvalue weighted by Crippen LogP contribution is 2.37. The molecular weight excluding hydrogens is 368 g/mol. The third-order valence-electron chi connectivity index (χ3n) is 3.58. The van der Waals surface area contributed by atoms with Crippen molar-refractivity contribution in [1.82, 2.24) is 20.6 Å². The van der Waals surface area contributed by atoms with Gasteiger partial charge in [-0.05, 0) is 25.5 Å². The number of thioether (sulfide) groups is 1. The SMILES string of the molecule is CCNC(=O)NC(=O)[C@H](C)Sc1ncnc2sc(-c3ccccc3)cc12. The first-order valence-corrected chi connectivity index (χ1v) is 9.83. The predicted molar refractivity (Wildman–Crippen MR) is 105 cm³/mol. The van der Waals surface area contributed by atoms with Gasteiger partial charge in [-0.2, -0.15) is 0 Å². The molecule has 0 radical (unpaired) electrons. The zero-order valence-corrected chi connectivity index (χ0v) is 16.0. The molecule has 0 fully saturated rings. The Morgan fingerprint density at radius 2 is 2.00 bits per heavy atom. The van der Waals surface area contributed by atoms with Crippen molar-refractivity contribution in [2.45, 2.75) is 24.1 Å². The number of fused-ring (bicyclic) bond motifs is 1. The van der Waals surface area contributed by atoms with Crippen LogP contribution in [0.4, 0.5) is 4.79 Å². The lowest BCUT2D eigenvalue weighted by molar-refractivity contribution is -0.119. The normalized spacial score (nSPS) is 11.9. The monoisotopic (exact) mass is 386 g/mol. The average molecular weight is 387 g/mol. The summed E-state index contributed by atoms with van der Waals surface area (Å²) in [5, 5.41) is 6.05. The summed E-state index contributed by atoms with van der Waals surface area (Å²) >= 11 is 2.90. The van der Waals surface area contributed by atoms with Crippen LogP contribution >= 0.6 is 23.1 Å². The molecule has 3 amide bonds. The number of carbonyl (C=O) groups excluding carboxylic acids is 2. The van der Waals surface area contributed by atoms with Crippen molar-refractivity contribution in [3.8, 4) is 10.4 Å². The van der Waals surface area contributed by atoms with Gasteiger partial charge in [0.15, 0.2) is 0 Å². The zero-order chi connectivity index (χ0) is 18.5. The summed E-state index contributed by atoms with van der Waals surface area (Å²) < 4.78 is 0. The Balaban J connectivity index is 1.81. The quantitative estimate of drug-likeness (QED) is 0.516. The smallest absolute Gasteiger partial charge is 0.321 e. The number of urea groups is 1. The molecule has 2 heterocycles. The highest BCUT2D eigenvalue weighted by molar-refractivity contribution is 8.00. The maximum absolute atomic E-state index is 12.2. The second-order valence-corrected chi connectivity index (χ2v) is 7.84. The molecule has 0 aliphatic heterocycles. The van der Waals surface area contributed by atoms with Crippen LogP contribution in [0.2, 0.25) is 0 Å². The molecule has 0 aliphatic rings. The molecule has 0 saturated carbocycles. The first-order chi connectivity index (χ1) is 12.6. The maximum Gasteiger partial charge on any atom is 0.321 e. The summed E-state index contributed by atoms with van der Waals surface area (Å²) in [7, 11) is 0. The van der Waals surface area contributed by atoms with Gasteiger partial charge in [0.1, 0.15) is 16.2 Å². The molecule has 0 unspecified atom stereocenters. The van der Waals surface area contributed by atoms with E-state index in [4.69, 9.17) is 0 Å². The van der Waals surface area contributed by atoms with Gasteiger partial charge in [0.2, 0.25) is 5.91 Å². The van der Waals surface area contributed by atoms with E-state index >= 15 is 0 Å². The average Bonchev–Trinajstić information content (AvgIpc) is 3.08. The summed E-state index contributed by atoms with van der Waals surface area (Å²) in [6.45, 7) is 4.00. The van der Waals surface area contributed by atoms with Gasteiger partial charge in [-0.1, -0.05) is 42.1 Å². The minimum Gasteiger partial charge on any atom is -0.338 e. The highest BCUT2D eigenvalue weighted by Gasteiger charge is 2.19. The van der Waals surface area contributed by atoms with Crippen molar-refractivity contribution in [1.29, 1.82) is 0 Å². The van der Waals surface area contributed by atoms with Gasteiger partial charge in [-0.25, -0.2) is 14.8 Å². The fourth-order valence-electron chi connectivity index (χ4n) is 2.31. The summed E-state index contributed by atoms with van der Waals surface area (Å²) in [6, 6.07) is 11.6. The van der Waals surface area contributed by atoms with Gasteiger partial charge in [-0.15, -0.1) is 11.3 Å². The van der Waals surface area contributed by atoms with Gasteiger partial charge in [-0.3, -0.25) is 10.1 Å². The fraction of sp³-hybridized carbons (Fsp3) is 0.222. The number of carbonyl (C=O) groups is 2. The van der Waals surface area contributed by atoms with Crippen LogP contribution in [-0.2, 0) is 4.79 Å². The first kappa shape index (κ1) is 18.3. The number of rotatable bonds is 5. The highest BCUT2D eigenvalue weighted by atomic mass is 32.2. The Morgan fingerprint density at radius 1 is 1.23 bits per heavy atom. The third-order valence-corrected chi connectivity index (χ3v) is 5.79. The number of imide groups is 1. The summed E-state index contributed by atoms with van der Waals surface area (Å²) in [6.07, 6.45) is 1.50. The summed E-state index contributed by atoms with van der Waals surface area (Å²) in [4.78, 5) is 34.3. The molecule has 0 bridgehead atoms. The Labute approximate surface area is 159 Å². The van der Waals surface area contributed by atoms with E-state index in [1.807, 2.05) is 36.4 Å². The standard InChI is InChI=1S/C18H18N4O2S2/c1-3-19-18(24)22-15(23)11(2)25-16-13-9-14(12-7-5-4-6-8-12)26-17(13)21-10-20-16/h4-11H,3H2,1-2H3,(H2,19,22,23,24)/t11-/m0/s1. The van der Waals surface area contributed by atoms with E-state index < -0.39 is 11.3 Å². The largest absolute Gasteiger partial charge is 0.338 e. The molecule has 8 heteroatoms. The molecule has 2 N–H and O–H groups in total. The lowest BCUT2D eigenvalue weighted by Gasteiger charge is -2.11. The van der Waals surface area contributed by atoms with Crippen molar-refractivity contribution in [2.24, 2.45) is 0 Å². The topological polar surface area (TPSA) is 84.0 Å². The molecule has 3 rings (SSSR count). The molecule has 0 spiro atoms. The van der Waals surface area contributed by atoms with Crippen molar-refractivity contribution >= 4 is 45.3 Å². The number of hydrogen-bond donors (Lipinski definition) is 2. The summed E-state index contributed by atoms with van der Waals surface area (Å²) in [5.74, 6) is -0.355. The molecule has 0 saturated heterocycles. The van der Waals surface area contributed by atoms with Gasteiger partial charge in [0, 0.05) is 16.8 Å². The van der Waals surface area contributed by atoms with Crippen LogP contribution in [-0.4, -0.2) is 33.7 Å². The molecule has 2 aromatic heterocycles. The number of thiophene rings is 1. The number of nitrogens with zero attached hydrogens (tertiary/aromatic N) is 2. The summed E-state index contributed by atoms with van der Waals surface area (Å²) in [5.41, 5.74) is 1.12. The van der Waals surface area contributed by atoms with Crippen molar-refractivity contribution < 1.29 is 9.59 Å². The molecule has 1 aromatic carbocycles. The third kappa shape index (κ3) is 4.20. The number of benzene rings is 1. The minimum atomic E-state index is -0.486. The molecule has 0 aliphatic carbocycles. The Hall–Kier alpha value is -2.45. The predicted octanol–water partition coefficient (Wildman–Crippen LogP) is 3.68. The Kier molecular flexibility index (Phi) is 5.85. The van der Waals surface area contributed by atoms with Gasteiger partial charge in [0.05, 0.1) is 5.25 Å². The van der Waals surface area contributed by atoms with Crippen molar-refractivity contribution in [3.05, 3.63) is 42.7 Å². The van der Waals surface area contributed by atoms with Crippen LogP contribution in [0.3, 0.4) is 0 Å². The van der Waals surface area contributed by atoms with Crippen LogP contribution < -0.4 is 10.6 Å². The van der Waals surface area contributed by atoms with Gasteiger partial charge >= 0.3 is 6.03 Å². The van der Waals surface area contributed by atoms with E-state index in [0.29, 0.717) is 6.54 Å². The zero-order valence-electron chi connectivity index (χ0n) is 14.4. The second-order valence-electron chi connectivity index (χ2n) is 5.48. The van der Waals surface area contributed by atoms with Crippen molar-refractivity contribution in [3.63, 3.8) is 0 Å². The van der Waals surface area contributed by atoms with Crippen LogP contribution in [0.25, 0.3) is 20.7 Å². The Morgan fingerprint density at radius 3 is 2.73 bits per heavy atom. The van der Waals surface area contributed by atoms with E-state index in [1.165, 1.54) is 18.1 Å². The molecule has 26 heavy (non-hydrogen) atoms. The molecule has 134 valence electrons. The number of nitrogens with one attached hydrogen (secondary N) is 2. The van der Waals surface area contributed by atoms with Gasteiger partial charge < -0.3 is 5.32 Å². The molecular formula is C18H18N4O2S2.